The first-order valence-electron chi connectivity index (χ1n) is 6.80. The highest BCUT2D eigenvalue weighted by atomic mass is 32.2. The van der Waals surface area contributed by atoms with E-state index < -0.39 is 9.84 Å². The Bertz CT molecular complexity index is 780. The van der Waals surface area contributed by atoms with Gasteiger partial charge < -0.3 is 5.32 Å². The molecule has 0 unspecified atom stereocenters. The Balaban J connectivity index is 2.13. The van der Waals surface area contributed by atoms with Gasteiger partial charge in [-0.15, -0.1) is 11.3 Å². The van der Waals surface area contributed by atoms with Crippen molar-refractivity contribution in [3.8, 4) is 0 Å². The van der Waals surface area contributed by atoms with Crippen molar-refractivity contribution in [1.82, 2.24) is 4.98 Å². The number of nitrogens with zero attached hydrogens (tertiary/aromatic N) is 1. The minimum Gasteiger partial charge on any atom is -0.302 e. The fourth-order valence-electron chi connectivity index (χ4n) is 1.96. The van der Waals surface area contributed by atoms with E-state index in [1.807, 2.05) is 19.2 Å². The van der Waals surface area contributed by atoms with Gasteiger partial charge in [-0.3, -0.25) is 4.79 Å². The van der Waals surface area contributed by atoms with Gasteiger partial charge >= 0.3 is 0 Å². The number of rotatable bonds is 5. The predicted molar refractivity (Wildman–Crippen MR) is 88.1 cm³/mol. The lowest BCUT2D eigenvalue weighted by Gasteiger charge is -2.07. The number of carbonyl (C=O) groups excluding carboxylic acids is 1. The average molecular weight is 338 g/mol. The number of carbonyl (C=O) groups is 1. The number of anilines is 1. The van der Waals surface area contributed by atoms with Gasteiger partial charge in [0.25, 0.3) is 0 Å². The van der Waals surface area contributed by atoms with Crippen LogP contribution >= 0.6 is 11.3 Å². The molecule has 7 heteroatoms. The van der Waals surface area contributed by atoms with Crippen LogP contribution in [0.5, 0.6) is 0 Å². The zero-order chi connectivity index (χ0) is 16.3. The third-order valence-corrected chi connectivity index (χ3v) is 5.06. The highest BCUT2D eigenvalue weighted by molar-refractivity contribution is 7.90. The first-order chi connectivity index (χ1) is 10.3. The number of aromatic nitrogens is 1. The summed E-state index contributed by atoms with van der Waals surface area (Å²) in [4.78, 5) is 16.6. The van der Waals surface area contributed by atoms with Gasteiger partial charge in [0.15, 0.2) is 15.0 Å². The molecule has 1 aromatic carbocycles. The molecule has 0 radical (unpaired) electrons. The summed E-state index contributed by atoms with van der Waals surface area (Å²) >= 11 is 1.37. The molecule has 0 saturated heterocycles. The van der Waals surface area contributed by atoms with E-state index in [4.69, 9.17) is 0 Å². The molecular weight excluding hydrogens is 320 g/mol. The molecule has 1 heterocycles. The molecule has 5 nitrogen and oxygen atoms in total. The minimum atomic E-state index is -3.35. The number of hydrogen-bond acceptors (Lipinski definition) is 5. The summed E-state index contributed by atoms with van der Waals surface area (Å²) in [5.41, 5.74) is 1.42. The van der Waals surface area contributed by atoms with Crippen molar-refractivity contribution in [3.63, 3.8) is 0 Å². The summed E-state index contributed by atoms with van der Waals surface area (Å²) in [6.45, 7) is 4.06. The van der Waals surface area contributed by atoms with Crippen molar-refractivity contribution in [3.05, 3.63) is 40.9 Å². The standard InChI is InChI=1S/C15H18N2O3S2/c1-10(2)12-9-21-15(16-12)17-14(18)8-11-6-4-5-7-13(11)22(3,19)20/h4-7,9-10H,8H2,1-3H3,(H,16,17,18). The highest BCUT2D eigenvalue weighted by Gasteiger charge is 2.16. The van der Waals surface area contributed by atoms with Crippen molar-refractivity contribution in [2.75, 3.05) is 11.6 Å². The Labute approximate surface area is 134 Å². The Hall–Kier alpha value is -1.73. The maximum absolute atomic E-state index is 12.1. The van der Waals surface area contributed by atoms with Crippen molar-refractivity contribution < 1.29 is 13.2 Å². The molecule has 0 fully saturated rings. The first-order valence-corrected chi connectivity index (χ1v) is 9.57. The van der Waals surface area contributed by atoms with Crippen LogP contribution in [0.4, 0.5) is 5.13 Å². The summed E-state index contributed by atoms with van der Waals surface area (Å²) in [5, 5.41) is 5.16. The molecule has 0 aliphatic carbocycles. The second kappa shape index (κ2) is 6.58. The molecule has 0 bridgehead atoms. The van der Waals surface area contributed by atoms with E-state index in [0.29, 0.717) is 16.6 Å². The van der Waals surface area contributed by atoms with Crippen LogP contribution < -0.4 is 5.32 Å². The molecule has 1 N–H and O–H groups in total. The number of amides is 1. The van der Waals surface area contributed by atoms with E-state index in [2.05, 4.69) is 10.3 Å². The van der Waals surface area contributed by atoms with Gasteiger partial charge in [0.2, 0.25) is 5.91 Å². The number of benzene rings is 1. The Kier molecular flexibility index (Phi) is 4.97. The van der Waals surface area contributed by atoms with Crippen molar-refractivity contribution in [2.45, 2.75) is 31.1 Å². The molecule has 0 spiro atoms. The zero-order valence-corrected chi connectivity index (χ0v) is 14.3. The van der Waals surface area contributed by atoms with Crippen molar-refractivity contribution >= 4 is 32.2 Å². The van der Waals surface area contributed by atoms with E-state index in [1.54, 1.807) is 18.2 Å². The number of sulfone groups is 1. The van der Waals surface area contributed by atoms with Crippen LogP contribution in [0.15, 0.2) is 34.5 Å². The lowest BCUT2D eigenvalue weighted by molar-refractivity contribution is -0.115. The molecule has 0 aliphatic heterocycles. The molecule has 118 valence electrons. The molecule has 2 rings (SSSR count). The van der Waals surface area contributed by atoms with Crippen LogP contribution in [0.3, 0.4) is 0 Å². The second-order valence-electron chi connectivity index (χ2n) is 5.34. The second-order valence-corrected chi connectivity index (χ2v) is 8.18. The minimum absolute atomic E-state index is 0.000163. The predicted octanol–water partition coefficient (Wildman–Crippen LogP) is 2.85. The fraction of sp³-hybridized carbons (Fsp3) is 0.333. The molecule has 1 amide bonds. The largest absolute Gasteiger partial charge is 0.302 e. The third kappa shape index (κ3) is 4.14. The first kappa shape index (κ1) is 16.6. The smallest absolute Gasteiger partial charge is 0.230 e. The monoisotopic (exact) mass is 338 g/mol. The summed E-state index contributed by atoms with van der Waals surface area (Å²) in [6, 6.07) is 6.53. The van der Waals surface area contributed by atoms with E-state index in [-0.39, 0.29) is 17.2 Å². The molecule has 2 aromatic rings. The number of hydrogen-bond donors (Lipinski definition) is 1. The van der Waals surface area contributed by atoms with E-state index in [0.717, 1.165) is 11.9 Å². The van der Waals surface area contributed by atoms with E-state index in [1.165, 1.54) is 17.4 Å². The van der Waals surface area contributed by atoms with Gasteiger partial charge in [-0.25, -0.2) is 13.4 Å². The van der Waals surface area contributed by atoms with E-state index in [9.17, 15) is 13.2 Å². The summed E-state index contributed by atoms with van der Waals surface area (Å²) in [7, 11) is -3.35. The molecule has 22 heavy (non-hydrogen) atoms. The number of nitrogens with one attached hydrogen (secondary N) is 1. The van der Waals surface area contributed by atoms with Gasteiger partial charge in [0, 0.05) is 11.6 Å². The molecular formula is C15H18N2O3S2. The van der Waals surface area contributed by atoms with Crippen LogP contribution in [0.25, 0.3) is 0 Å². The SMILES string of the molecule is CC(C)c1csc(NC(=O)Cc2ccccc2S(C)(=O)=O)n1. The van der Waals surface area contributed by atoms with Gasteiger partial charge in [-0.2, -0.15) is 0 Å². The van der Waals surface area contributed by atoms with Crippen LogP contribution in [0.2, 0.25) is 0 Å². The quantitative estimate of drug-likeness (QED) is 0.909. The topological polar surface area (TPSA) is 76.1 Å². The Morgan fingerprint density at radius 3 is 2.59 bits per heavy atom. The Morgan fingerprint density at radius 2 is 2.00 bits per heavy atom. The fourth-order valence-corrected chi connectivity index (χ4v) is 3.79. The van der Waals surface area contributed by atoms with Crippen LogP contribution in [-0.2, 0) is 21.1 Å². The van der Waals surface area contributed by atoms with Gasteiger partial charge in [-0.05, 0) is 17.5 Å². The van der Waals surface area contributed by atoms with Crippen molar-refractivity contribution in [2.24, 2.45) is 0 Å². The van der Waals surface area contributed by atoms with E-state index >= 15 is 0 Å². The molecule has 1 aromatic heterocycles. The zero-order valence-electron chi connectivity index (χ0n) is 12.7. The lowest BCUT2D eigenvalue weighted by atomic mass is 10.1. The van der Waals surface area contributed by atoms with Crippen LogP contribution in [-0.4, -0.2) is 25.6 Å². The lowest BCUT2D eigenvalue weighted by Crippen LogP contribution is -2.16. The maximum atomic E-state index is 12.1. The number of thiazole rings is 1. The molecule has 0 aliphatic rings. The Morgan fingerprint density at radius 1 is 1.32 bits per heavy atom. The summed E-state index contributed by atoms with van der Waals surface area (Å²) in [5.74, 6) is 0.0219. The summed E-state index contributed by atoms with van der Waals surface area (Å²) < 4.78 is 23.5. The summed E-state index contributed by atoms with van der Waals surface area (Å²) in [6.07, 6.45) is 1.14. The normalized spacial score (nSPS) is 11.6. The molecule has 0 saturated carbocycles. The maximum Gasteiger partial charge on any atom is 0.230 e. The van der Waals surface area contributed by atoms with Crippen molar-refractivity contribution in [1.29, 1.82) is 0 Å². The van der Waals surface area contributed by atoms with Gasteiger partial charge in [0.1, 0.15) is 0 Å². The van der Waals surface area contributed by atoms with Gasteiger partial charge in [-0.1, -0.05) is 32.0 Å². The van der Waals surface area contributed by atoms with Crippen LogP contribution in [0.1, 0.15) is 31.0 Å². The van der Waals surface area contributed by atoms with Crippen LogP contribution in [0, 0.1) is 0 Å². The average Bonchev–Trinajstić information content (AvgIpc) is 2.86. The van der Waals surface area contributed by atoms with Gasteiger partial charge in [0.05, 0.1) is 17.0 Å². The third-order valence-electron chi connectivity index (χ3n) is 3.08. The highest BCUT2D eigenvalue weighted by Crippen LogP contribution is 2.22. The molecule has 0 atom stereocenters.